The van der Waals surface area contributed by atoms with Gasteiger partial charge in [-0.05, 0) is 92.7 Å². The highest BCUT2D eigenvalue weighted by Crippen LogP contribution is 2.39. The number of hydrogen-bond acceptors (Lipinski definition) is 3. The number of rotatable bonds is 7. The monoisotopic (exact) mass is 580 g/mol. The van der Waals surface area contributed by atoms with Gasteiger partial charge in [-0.1, -0.05) is 99.6 Å². The third kappa shape index (κ3) is 7.90. The second kappa shape index (κ2) is 14.5. The highest BCUT2D eigenvalue weighted by atomic mass is 32.1. The van der Waals surface area contributed by atoms with E-state index in [2.05, 4.69) is 116 Å². The average Bonchev–Trinajstić information content (AvgIpc) is 2.96. The lowest BCUT2D eigenvalue weighted by molar-refractivity contribution is -0.0791. The van der Waals surface area contributed by atoms with Crippen LogP contribution in [0.15, 0.2) is 84.1 Å². The molecule has 0 aromatic heterocycles. The number of ether oxygens (including phenoxy) is 1. The number of nitrogens with zero attached hydrogens (tertiary/aromatic N) is 1. The van der Waals surface area contributed by atoms with Gasteiger partial charge >= 0.3 is 0 Å². The van der Waals surface area contributed by atoms with Crippen molar-refractivity contribution in [3.8, 4) is 23.0 Å². The Morgan fingerprint density at radius 2 is 1.86 bits per heavy atom. The van der Waals surface area contributed by atoms with Crippen LogP contribution in [0, 0.1) is 23.7 Å². The molecule has 2 unspecified atom stereocenters. The number of likely N-dealkylation sites (tertiary alicyclic amines) is 1. The molecule has 0 radical (unpaired) electrons. The lowest BCUT2D eigenvalue weighted by atomic mass is 9.82. The average molecular weight is 581 g/mol. The summed E-state index contributed by atoms with van der Waals surface area (Å²) in [5.41, 5.74) is 6.78. The summed E-state index contributed by atoms with van der Waals surface area (Å²) in [6.45, 7) is 11.1. The molecule has 1 heterocycles. The minimum absolute atomic E-state index is 0. The molecule has 4 heteroatoms. The molecule has 222 valence electrons. The molecule has 5 rings (SSSR count). The number of nitrogens with one attached hydrogen (secondary N) is 1. The van der Waals surface area contributed by atoms with Crippen LogP contribution in [0.2, 0.25) is 0 Å². The minimum Gasteiger partial charge on any atom is -0.363 e. The highest BCUT2D eigenvalue weighted by Gasteiger charge is 2.39. The zero-order valence-electron chi connectivity index (χ0n) is 25.1. The fraction of sp³-hybridized carbons (Fsp3) is 0.447. The maximum absolute atomic E-state index is 6.86. The summed E-state index contributed by atoms with van der Waals surface area (Å²) in [7, 11) is 0. The van der Waals surface area contributed by atoms with E-state index < -0.39 is 0 Å². The first-order valence-corrected chi connectivity index (χ1v) is 15.6. The van der Waals surface area contributed by atoms with Gasteiger partial charge in [-0.3, -0.25) is 4.90 Å². The molecule has 42 heavy (non-hydrogen) atoms. The molecule has 2 aliphatic carbocycles. The summed E-state index contributed by atoms with van der Waals surface area (Å²) in [6, 6.07) is 18.0. The summed E-state index contributed by atoms with van der Waals surface area (Å²) in [5, 5.41) is 3.50. The zero-order valence-corrected chi connectivity index (χ0v) is 25.9. The topological polar surface area (TPSA) is 24.5 Å². The summed E-state index contributed by atoms with van der Waals surface area (Å²) < 4.78 is 6.86. The fourth-order valence-electron chi connectivity index (χ4n) is 6.69. The number of hydrogen-bond donors (Lipinski definition) is 1. The Balaban J connectivity index is 0.00000405. The third-order valence-corrected chi connectivity index (χ3v) is 8.98. The summed E-state index contributed by atoms with van der Waals surface area (Å²) in [5.74, 6) is 7.45. The maximum Gasteiger partial charge on any atom is 0.106 e. The van der Waals surface area contributed by atoms with Crippen LogP contribution in [0.25, 0.3) is 11.1 Å². The van der Waals surface area contributed by atoms with Crippen molar-refractivity contribution >= 4 is 17.2 Å². The lowest BCUT2D eigenvalue weighted by Crippen LogP contribution is -2.49. The third-order valence-electron chi connectivity index (χ3n) is 8.76. The van der Waals surface area contributed by atoms with E-state index in [-0.39, 0.29) is 13.0 Å². The van der Waals surface area contributed by atoms with Crippen molar-refractivity contribution in [2.75, 3.05) is 19.7 Å². The summed E-state index contributed by atoms with van der Waals surface area (Å²) in [6.07, 6.45) is 14.7. The molecule has 1 N–H and O–H groups in total. The minimum atomic E-state index is -0.357. The van der Waals surface area contributed by atoms with Crippen LogP contribution in [0.3, 0.4) is 0 Å². The van der Waals surface area contributed by atoms with Gasteiger partial charge in [0.1, 0.15) is 4.99 Å². The Labute approximate surface area is 260 Å². The predicted octanol–water partition coefficient (Wildman–Crippen LogP) is 8.81. The number of benzene rings is 2. The van der Waals surface area contributed by atoms with Crippen LogP contribution >= 0.6 is 12.2 Å². The van der Waals surface area contributed by atoms with Crippen LogP contribution in [-0.2, 0) is 10.3 Å². The van der Waals surface area contributed by atoms with Crippen molar-refractivity contribution in [2.45, 2.75) is 78.9 Å². The van der Waals surface area contributed by atoms with Gasteiger partial charge in [-0.25, -0.2) is 0 Å². The van der Waals surface area contributed by atoms with Gasteiger partial charge in [0.15, 0.2) is 0 Å². The second-order valence-electron chi connectivity index (χ2n) is 12.2. The molecule has 3 aliphatic rings. The zero-order chi connectivity index (χ0) is 28.8. The molecule has 0 spiro atoms. The first kappa shape index (κ1) is 32.0. The van der Waals surface area contributed by atoms with Crippen LogP contribution in [0.1, 0.15) is 78.4 Å². The SMILES string of the molecule is C.CC#Cc1cccc(-c2ccc(C3(OCC(=S)NC4=CC(C)=CC(C)C4)CCN(C4C=CC[C@H](C)C4)CC3)cc2)c1. The molecule has 1 fully saturated rings. The molecule has 0 bridgehead atoms. The summed E-state index contributed by atoms with van der Waals surface area (Å²) in [4.78, 5) is 3.41. The highest BCUT2D eigenvalue weighted by molar-refractivity contribution is 7.80. The van der Waals surface area contributed by atoms with Gasteiger partial charge in [0.05, 0.1) is 12.2 Å². The fourth-order valence-corrected chi connectivity index (χ4v) is 6.88. The molecule has 0 amide bonds. The molecule has 1 saturated heterocycles. The standard InChI is InChI=1S/C37H44N2OS.CH4/c1-5-8-30-10-7-11-32(25-30)31-13-15-33(16-14-31)37(17-19-39(20-18-37)35-12-6-9-27(2)24-35)40-26-36(41)38-34-22-28(3)21-29(4)23-34;/h6-7,10-16,21-22,25,27,29,35H,9,17-20,23-24,26H2,1-4H3,(H,38,41);1H4/t27-,29?,35?;/m0./s1. The Kier molecular flexibility index (Phi) is 11.0. The first-order chi connectivity index (χ1) is 19.8. The molecule has 2 aromatic carbocycles. The maximum atomic E-state index is 6.86. The van der Waals surface area contributed by atoms with Crippen molar-refractivity contribution < 1.29 is 4.74 Å². The van der Waals surface area contributed by atoms with Gasteiger partial charge in [-0.2, -0.15) is 0 Å². The Morgan fingerprint density at radius 3 is 2.55 bits per heavy atom. The number of thiocarbonyl (C=S) groups is 1. The number of piperidine rings is 1. The van der Waals surface area contributed by atoms with Gasteiger partial charge in [0.25, 0.3) is 0 Å². The molecule has 3 atom stereocenters. The van der Waals surface area contributed by atoms with E-state index in [0.29, 0.717) is 18.6 Å². The van der Waals surface area contributed by atoms with E-state index in [1.54, 1.807) is 0 Å². The van der Waals surface area contributed by atoms with Crippen molar-refractivity contribution in [2.24, 2.45) is 11.8 Å². The van der Waals surface area contributed by atoms with Crippen LogP contribution in [-0.4, -0.2) is 35.6 Å². The van der Waals surface area contributed by atoms with Crippen molar-refractivity contribution in [1.82, 2.24) is 10.2 Å². The van der Waals surface area contributed by atoms with Crippen molar-refractivity contribution in [3.05, 3.63) is 95.2 Å². The largest absolute Gasteiger partial charge is 0.363 e. The van der Waals surface area contributed by atoms with E-state index in [1.807, 2.05) is 6.92 Å². The van der Waals surface area contributed by atoms with Gasteiger partial charge < -0.3 is 10.1 Å². The van der Waals surface area contributed by atoms with E-state index in [4.69, 9.17) is 17.0 Å². The quantitative estimate of drug-likeness (QED) is 0.201. The smallest absolute Gasteiger partial charge is 0.106 e. The molecule has 1 aliphatic heterocycles. The Bertz CT molecular complexity index is 1380. The van der Waals surface area contributed by atoms with E-state index in [9.17, 15) is 0 Å². The van der Waals surface area contributed by atoms with Crippen LogP contribution in [0.5, 0.6) is 0 Å². The van der Waals surface area contributed by atoms with Crippen molar-refractivity contribution in [1.29, 1.82) is 0 Å². The van der Waals surface area contributed by atoms with Gasteiger partial charge in [0, 0.05) is 30.4 Å². The van der Waals surface area contributed by atoms with Crippen molar-refractivity contribution in [3.63, 3.8) is 0 Å². The van der Waals surface area contributed by atoms with Gasteiger partial charge in [0.2, 0.25) is 0 Å². The Morgan fingerprint density at radius 1 is 1.10 bits per heavy atom. The van der Waals surface area contributed by atoms with Crippen LogP contribution < -0.4 is 5.32 Å². The normalized spacial score (nSPS) is 23.5. The second-order valence-corrected chi connectivity index (χ2v) is 12.7. The first-order valence-electron chi connectivity index (χ1n) is 15.2. The van der Waals surface area contributed by atoms with E-state index >= 15 is 0 Å². The molecule has 2 aromatic rings. The molecule has 3 nitrogen and oxygen atoms in total. The predicted molar refractivity (Wildman–Crippen MR) is 182 cm³/mol. The molecular weight excluding hydrogens is 532 g/mol. The Hall–Kier alpha value is -2.97. The van der Waals surface area contributed by atoms with Gasteiger partial charge in [-0.15, -0.1) is 5.92 Å². The van der Waals surface area contributed by atoms with E-state index in [1.165, 1.54) is 40.8 Å². The molecular formula is C38H48N2OS. The lowest BCUT2D eigenvalue weighted by Gasteiger charge is -2.45. The summed E-state index contributed by atoms with van der Waals surface area (Å²) >= 11 is 5.81. The van der Waals surface area contributed by atoms with E-state index in [0.717, 1.165) is 48.8 Å². The number of allylic oxidation sites excluding steroid dienone is 5. The van der Waals surface area contributed by atoms with Crippen LogP contribution in [0.4, 0.5) is 0 Å². The molecule has 0 saturated carbocycles.